The number of hydrogen-bond acceptors (Lipinski definition) is 4. The minimum absolute atomic E-state index is 0.400. The molecule has 0 spiro atoms. The van der Waals surface area contributed by atoms with Gasteiger partial charge in [-0.05, 0) is 35.9 Å². The van der Waals surface area contributed by atoms with Crippen molar-refractivity contribution in [1.29, 1.82) is 0 Å². The smallest absolute Gasteiger partial charge is 0.162 e. The second kappa shape index (κ2) is 6.65. The van der Waals surface area contributed by atoms with Crippen molar-refractivity contribution in [3.63, 3.8) is 0 Å². The van der Waals surface area contributed by atoms with E-state index in [0.29, 0.717) is 39.7 Å². The van der Waals surface area contributed by atoms with Gasteiger partial charge in [0.25, 0.3) is 0 Å². The van der Waals surface area contributed by atoms with Gasteiger partial charge in [-0.1, -0.05) is 34.8 Å². The lowest BCUT2D eigenvalue weighted by Gasteiger charge is -2.18. The molecule has 22 heavy (non-hydrogen) atoms. The SMILES string of the molecule is Clc1cc(Cl)c(NN=Cc2ccc3c(c2)OCCO3)c(Cl)c1. The molecule has 2 aromatic carbocycles. The van der Waals surface area contributed by atoms with Crippen molar-refractivity contribution in [2.45, 2.75) is 0 Å². The van der Waals surface area contributed by atoms with Gasteiger partial charge in [-0.15, -0.1) is 0 Å². The molecule has 0 aromatic heterocycles. The van der Waals surface area contributed by atoms with Gasteiger partial charge in [-0.2, -0.15) is 5.10 Å². The molecule has 7 heteroatoms. The van der Waals surface area contributed by atoms with Crippen LogP contribution in [0.1, 0.15) is 5.56 Å². The summed E-state index contributed by atoms with van der Waals surface area (Å²) in [7, 11) is 0. The molecule has 1 aliphatic rings. The first-order chi connectivity index (χ1) is 10.6. The number of anilines is 1. The molecule has 0 radical (unpaired) electrons. The predicted molar refractivity (Wildman–Crippen MR) is 90.1 cm³/mol. The van der Waals surface area contributed by atoms with Crippen LogP contribution in [0.25, 0.3) is 0 Å². The zero-order chi connectivity index (χ0) is 15.5. The molecule has 0 saturated heterocycles. The van der Waals surface area contributed by atoms with E-state index in [0.717, 1.165) is 11.3 Å². The molecular formula is C15H11Cl3N2O2. The van der Waals surface area contributed by atoms with Gasteiger partial charge >= 0.3 is 0 Å². The first-order valence-electron chi connectivity index (χ1n) is 6.47. The van der Waals surface area contributed by atoms with E-state index >= 15 is 0 Å². The van der Waals surface area contributed by atoms with E-state index in [2.05, 4.69) is 10.5 Å². The average Bonchev–Trinajstić information content (AvgIpc) is 2.49. The fraction of sp³-hybridized carbons (Fsp3) is 0.133. The Kier molecular flexibility index (Phi) is 4.62. The van der Waals surface area contributed by atoms with Crippen LogP contribution in [0, 0.1) is 0 Å². The van der Waals surface area contributed by atoms with Crippen molar-refractivity contribution in [2.24, 2.45) is 5.10 Å². The minimum atomic E-state index is 0.400. The number of halogens is 3. The third-order valence-corrected chi connectivity index (χ3v) is 3.78. The van der Waals surface area contributed by atoms with Crippen molar-refractivity contribution in [2.75, 3.05) is 18.6 Å². The molecule has 1 N–H and O–H groups in total. The highest BCUT2D eigenvalue weighted by Crippen LogP contribution is 2.34. The minimum Gasteiger partial charge on any atom is -0.486 e. The summed E-state index contributed by atoms with van der Waals surface area (Å²) in [4.78, 5) is 0. The van der Waals surface area contributed by atoms with Gasteiger partial charge in [0.05, 0.1) is 21.9 Å². The van der Waals surface area contributed by atoms with Crippen LogP contribution in [0.3, 0.4) is 0 Å². The Morgan fingerprint density at radius 3 is 2.36 bits per heavy atom. The van der Waals surface area contributed by atoms with Gasteiger partial charge in [0.2, 0.25) is 0 Å². The molecule has 0 aliphatic carbocycles. The van der Waals surface area contributed by atoms with Crippen LogP contribution < -0.4 is 14.9 Å². The summed E-state index contributed by atoms with van der Waals surface area (Å²) >= 11 is 18.0. The zero-order valence-corrected chi connectivity index (χ0v) is 13.5. The molecule has 4 nitrogen and oxygen atoms in total. The Morgan fingerprint density at radius 1 is 0.955 bits per heavy atom. The summed E-state index contributed by atoms with van der Waals surface area (Å²) in [5.41, 5.74) is 4.17. The molecule has 3 rings (SSSR count). The quantitative estimate of drug-likeness (QED) is 0.630. The highest BCUT2D eigenvalue weighted by atomic mass is 35.5. The summed E-state index contributed by atoms with van der Waals surface area (Å²) in [6, 6.07) is 8.76. The Labute approximate surface area is 142 Å². The van der Waals surface area contributed by atoms with Gasteiger partial charge in [0.1, 0.15) is 13.2 Å². The maximum Gasteiger partial charge on any atom is 0.162 e. The number of nitrogens with zero attached hydrogens (tertiary/aromatic N) is 1. The number of hydrogen-bond donors (Lipinski definition) is 1. The Hall–Kier alpha value is -1.62. The highest BCUT2D eigenvalue weighted by Gasteiger charge is 2.11. The van der Waals surface area contributed by atoms with E-state index in [1.54, 1.807) is 18.3 Å². The van der Waals surface area contributed by atoms with Crippen LogP contribution in [-0.2, 0) is 0 Å². The summed E-state index contributed by atoms with van der Waals surface area (Å²) < 4.78 is 11.0. The topological polar surface area (TPSA) is 42.9 Å². The fourth-order valence-electron chi connectivity index (χ4n) is 1.96. The summed E-state index contributed by atoms with van der Waals surface area (Å²) in [6.07, 6.45) is 1.64. The fourth-order valence-corrected chi connectivity index (χ4v) is 2.86. The molecular weight excluding hydrogens is 347 g/mol. The van der Waals surface area contributed by atoms with Crippen molar-refractivity contribution in [3.05, 3.63) is 51.0 Å². The van der Waals surface area contributed by atoms with E-state index < -0.39 is 0 Å². The maximum atomic E-state index is 6.07. The third-order valence-electron chi connectivity index (χ3n) is 2.96. The van der Waals surface area contributed by atoms with Crippen LogP contribution in [0.5, 0.6) is 11.5 Å². The highest BCUT2D eigenvalue weighted by molar-refractivity contribution is 6.41. The first kappa shape index (κ1) is 15.3. The molecule has 2 aromatic rings. The number of hydrazone groups is 1. The van der Waals surface area contributed by atoms with Gasteiger partial charge in [0.15, 0.2) is 11.5 Å². The van der Waals surface area contributed by atoms with Crippen LogP contribution in [0.15, 0.2) is 35.4 Å². The Balaban J connectivity index is 1.75. The molecule has 114 valence electrons. The average molecular weight is 358 g/mol. The van der Waals surface area contributed by atoms with Crippen molar-refractivity contribution in [3.8, 4) is 11.5 Å². The molecule has 0 amide bonds. The summed E-state index contributed by atoms with van der Waals surface area (Å²) in [5, 5.41) is 5.40. The van der Waals surface area contributed by atoms with Gasteiger partial charge < -0.3 is 9.47 Å². The standard InChI is InChI=1S/C15H11Cl3N2O2/c16-10-6-11(17)15(12(18)7-10)20-19-8-9-1-2-13-14(5-9)22-4-3-21-13/h1-2,5-8,20H,3-4H2. The number of benzene rings is 2. The van der Waals surface area contributed by atoms with Crippen molar-refractivity contribution >= 4 is 46.7 Å². The zero-order valence-electron chi connectivity index (χ0n) is 11.3. The number of ether oxygens (including phenoxy) is 2. The second-order valence-electron chi connectivity index (χ2n) is 4.52. The van der Waals surface area contributed by atoms with E-state index in [4.69, 9.17) is 44.3 Å². The largest absolute Gasteiger partial charge is 0.486 e. The van der Waals surface area contributed by atoms with E-state index in [1.165, 1.54) is 0 Å². The van der Waals surface area contributed by atoms with Crippen molar-refractivity contribution in [1.82, 2.24) is 0 Å². The Bertz CT molecular complexity index is 712. The lowest BCUT2D eigenvalue weighted by molar-refractivity contribution is 0.171. The molecule has 0 saturated carbocycles. The van der Waals surface area contributed by atoms with Crippen LogP contribution >= 0.6 is 34.8 Å². The third kappa shape index (κ3) is 3.40. The van der Waals surface area contributed by atoms with Crippen molar-refractivity contribution < 1.29 is 9.47 Å². The molecule has 0 bridgehead atoms. The first-order valence-corrected chi connectivity index (χ1v) is 7.60. The van der Waals surface area contributed by atoms with Crippen LogP contribution in [0.4, 0.5) is 5.69 Å². The van der Waals surface area contributed by atoms with Gasteiger partial charge in [0, 0.05) is 5.02 Å². The number of nitrogens with one attached hydrogen (secondary N) is 1. The second-order valence-corrected chi connectivity index (χ2v) is 5.77. The monoisotopic (exact) mass is 356 g/mol. The lowest BCUT2D eigenvalue weighted by atomic mass is 10.2. The number of fused-ring (bicyclic) bond motifs is 1. The molecule has 0 unspecified atom stereocenters. The lowest BCUT2D eigenvalue weighted by Crippen LogP contribution is -2.15. The number of rotatable bonds is 3. The maximum absolute atomic E-state index is 6.07. The summed E-state index contributed by atoms with van der Waals surface area (Å²) in [6.45, 7) is 1.11. The van der Waals surface area contributed by atoms with Crippen LogP contribution in [-0.4, -0.2) is 19.4 Å². The summed E-state index contributed by atoms with van der Waals surface area (Å²) in [5.74, 6) is 1.44. The normalized spacial score (nSPS) is 13.4. The Morgan fingerprint density at radius 2 is 1.64 bits per heavy atom. The van der Waals surface area contributed by atoms with Gasteiger partial charge in [-0.3, -0.25) is 5.43 Å². The van der Waals surface area contributed by atoms with E-state index in [-0.39, 0.29) is 0 Å². The molecule has 0 fully saturated rings. The molecule has 0 atom stereocenters. The van der Waals surface area contributed by atoms with E-state index in [1.807, 2.05) is 18.2 Å². The van der Waals surface area contributed by atoms with E-state index in [9.17, 15) is 0 Å². The van der Waals surface area contributed by atoms with Crippen LogP contribution in [0.2, 0.25) is 15.1 Å². The molecule has 1 aliphatic heterocycles. The predicted octanol–water partition coefficient (Wildman–Crippen LogP) is 4.86. The van der Waals surface area contributed by atoms with Gasteiger partial charge in [-0.25, -0.2) is 0 Å². The molecule has 1 heterocycles.